The predicted molar refractivity (Wildman–Crippen MR) is 201 cm³/mol. The van der Waals surface area contributed by atoms with Crippen LogP contribution in [0, 0.1) is 17.3 Å². The summed E-state index contributed by atoms with van der Waals surface area (Å²) in [6, 6.07) is 7.91. The number of aromatic hydroxyl groups is 1. The summed E-state index contributed by atoms with van der Waals surface area (Å²) in [5.41, 5.74) is 4.46. The van der Waals surface area contributed by atoms with E-state index < -0.39 is 31.2 Å². The maximum Gasteiger partial charge on any atom is 0.349 e. The first kappa shape index (κ1) is 35.4. The van der Waals surface area contributed by atoms with Crippen LogP contribution in [-0.2, 0) is 0 Å². The third kappa shape index (κ3) is 5.98. The summed E-state index contributed by atoms with van der Waals surface area (Å²) in [6.45, 7) is 17.5. The molecule has 3 atom stereocenters. The quantitative estimate of drug-likeness (QED) is 0.144. The molecule has 0 saturated carbocycles. The van der Waals surface area contributed by atoms with E-state index in [4.69, 9.17) is 19.1 Å². The molecule has 3 saturated heterocycles. The number of hydrogen-bond acceptors (Lipinski definition) is 8. The Morgan fingerprint density at radius 3 is 2.49 bits per heavy atom. The number of anilines is 1. The molecule has 51 heavy (non-hydrogen) atoms. The lowest BCUT2D eigenvalue weighted by molar-refractivity contribution is 0.107. The van der Waals surface area contributed by atoms with Crippen LogP contribution in [0.1, 0.15) is 79.7 Å². The fraction of sp³-hybridized carbons (Fsp3) is 0.525. The number of phenols is 1. The van der Waals surface area contributed by atoms with E-state index in [1.807, 2.05) is 4.90 Å². The van der Waals surface area contributed by atoms with Crippen LogP contribution in [0.25, 0.3) is 33.0 Å². The van der Waals surface area contributed by atoms with Crippen molar-refractivity contribution in [1.29, 1.82) is 0 Å². The molecular formula is C40H48F2N4O4Si. The van der Waals surface area contributed by atoms with Crippen LogP contribution >= 0.6 is 0 Å². The minimum Gasteiger partial charge on any atom is -0.508 e. The average molecular weight is 715 g/mol. The van der Waals surface area contributed by atoms with Crippen molar-refractivity contribution in [2.75, 3.05) is 31.1 Å². The van der Waals surface area contributed by atoms with Crippen molar-refractivity contribution in [3.05, 3.63) is 52.1 Å². The van der Waals surface area contributed by atoms with Gasteiger partial charge in [-0.05, 0) is 72.9 Å². The van der Waals surface area contributed by atoms with E-state index in [0.29, 0.717) is 63.8 Å². The Morgan fingerprint density at radius 2 is 1.82 bits per heavy atom. The van der Waals surface area contributed by atoms with Crippen molar-refractivity contribution in [2.24, 2.45) is 0 Å². The summed E-state index contributed by atoms with van der Waals surface area (Å²) in [4.78, 5) is 27.6. The molecular weight excluding hydrogens is 667 g/mol. The molecule has 0 amide bonds. The molecule has 8 nitrogen and oxygen atoms in total. The van der Waals surface area contributed by atoms with Crippen molar-refractivity contribution < 1.29 is 23.0 Å². The summed E-state index contributed by atoms with van der Waals surface area (Å²) in [7, 11) is -2.24. The highest BCUT2D eigenvalue weighted by Crippen LogP contribution is 2.43. The summed E-state index contributed by atoms with van der Waals surface area (Å²) >= 11 is 0. The number of fused-ring (bicyclic) bond motifs is 3. The van der Waals surface area contributed by atoms with Gasteiger partial charge in [0, 0.05) is 42.6 Å². The zero-order valence-electron chi connectivity index (χ0n) is 30.6. The van der Waals surface area contributed by atoms with Gasteiger partial charge in [0.05, 0.1) is 16.6 Å². The van der Waals surface area contributed by atoms with Crippen LogP contribution in [-0.4, -0.2) is 72.0 Å². The van der Waals surface area contributed by atoms with Crippen molar-refractivity contribution in [3.8, 4) is 34.5 Å². The normalized spacial score (nSPS) is 22.2. The summed E-state index contributed by atoms with van der Waals surface area (Å²) in [5, 5.41) is 12.1. The Hall–Kier alpha value is -4.01. The molecule has 0 spiro atoms. The van der Waals surface area contributed by atoms with Crippen LogP contribution in [0.15, 0.2) is 39.5 Å². The van der Waals surface area contributed by atoms with Crippen molar-refractivity contribution in [1.82, 2.24) is 14.9 Å². The smallest absolute Gasteiger partial charge is 0.349 e. The Bertz CT molecular complexity index is 2100. The van der Waals surface area contributed by atoms with Gasteiger partial charge in [0.2, 0.25) is 0 Å². The van der Waals surface area contributed by atoms with Gasteiger partial charge in [-0.25, -0.2) is 13.6 Å². The third-order valence-electron chi connectivity index (χ3n) is 12.0. The van der Waals surface area contributed by atoms with Crippen LogP contribution in [0.5, 0.6) is 11.8 Å². The summed E-state index contributed by atoms with van der Waals surface area (Å²) in [5.74, 6) is 3.29. The van der Waals surface area contributed by atoms with Crippen molar-refractivity contribution >= 4 is 35.6 Å². The predicted octanol–water partition coefficient (Wildman–Crippen LogP) is 8.37. The Morgan fingerprint density at radius 1 is 1.08 bits per heavy atom. The lowest BCUT2D eigenvalue weighted by Crippen LogP contribution is -2.47. The van der Waals surface area contributed by atoms with E-state index in [1.165, 1.54) is 12.1 Å². The largest absolute Gasteiger partial charge is 0.508 e. The zero-order chi connectivity index (χ0) is 36.4. The van der Waals surface area contributed by atoms with E-state index >= 15 is 4.39 Å². The van der Waals surface area contributed by atoms with Gasteiger partial charge in [-0.2, -0.15) is 9.97 Å². The first-order chi connectivity index (χ1) is 24.2. The fourth-order valence-corrected chi connectivity index (χ4v) is 14.5. The van der Waals surface area contributed by atoms with Crippen LogP contribution in [0.3, 0.4) is 0 Å². The Balaban J connectivity index is 1.39. The number of hydrogen-bond donors (Lipinski definition) is 1. The first-order valence-corrected chi connectivity index (χ1v) is 20.6. The molecule has 0 aliphatic carbocycles. The number of ether oxygens (including phenoxy) is 1. The van der Waals surface area contributed by atoms with Crippen molar-refractivity contribution in [3.63, 3.8) is 0 Å². The van der Waals surface area contributed by atoms with E-state index in [2.05, 4.69) is 64.8 Å². The van der Waals surface area contributed by atoms with Crippen LogP contribution in [0.4, 0.5) is 14.6 Å². The van der Waals surface area contributed by atoms with Gasteiger partial charge in [0.1, 0.15) is 43.6 Å². The fourth-order valence-electron chi connectivity index (χ4n) is 9.28. The third-order valence-corrected chi connectivity index (χ3v) is 18.3. The standard InChI is InChI=1S/C40H48F2N4O4Si/c1-23(2)51(24(3)4,25(5)6)16-12-30-32(42)10-9-27-17-29(47)18-31(35(27)30)34-19-33-36(38(48)50-34)37(46-15-11-26(46)7)44-39(43-33)49-22-40-13-8-14-45(40)21-28(41)20-40/h9-10,17-19,23-26,28,47H,8,11,13-15,20-22H2,1-7H3/t26-,28-,40+/m1/s1. The Kier molecular flexibility index (Phi) is 9.16. The van der Waals surface area contributed by atoms with E-state index in [9.17, 15) is 14.3 Å². The Labute approximate surface area is 299 Å². The number of halogens is 2. The number of benzene rings is 2. The molecule has 5 heterocycles. The number of alkyl halides is 1. The number of nitrogens with zero attached hydrogens (tertiary/aromatic N) is 4. The molecule has 0 radical (unpaired) electrons. The van der Waals surface area contributed by atoms with Crippen LogP contribution < -0.4 is 15.3 Å². The topological polar surface area (TPSA) is 91.9 Å². The lowest BCUT2D eigenvalue weighted by Gasteiger charge is -2.40. The van der Waals surface area contributed by atoms with E-state index in [0.717, 1.165) is 25.8 Å². The van der Waals surface area contributed by atoms with Gasteiger partial charge in [-0.3, -0.25) is 4.90 Å². The van der Waals surface area contributed by atoms with Gasteiger partial charge in [-0.1, -0.05) is 53.5 Å². The molecule has 2 aromatic carbocycles. The van der Waals surface area contributed by atoms with Gasteiger partial charge in [0.15, 0.2) is 5.82 Å². The molecule has 0 unspecified atom stereocenters. The van der Waals surface area contributed by atoms with Crippen molar-refractivity contribution in [2.45, 2.75) is 109 Å². The second-order valence-corrected chi connectivity index (χ2v) is 21.4. The van der Waals surface area contributed by atoms with Gasteiger partial charge >= 0.3 is 11.6 Å². The molecule has 3 aliphatic heterocycles. The number of aromatic nitrogens is 2. The SMILES string of the molecule is CC(C)[Si](C#Cc1c(F)ccc2cc(O)cc(-c3cc4nc(OC[C@@]56CCCN5C[C@H](F)C6)nc(N5CC[C@H]5C)c4c(=O)o3)c12)(C(C)C)C(C)C. The molecule has 2 aromatic heterocycles. The minimum atomic E-state index is -2.24. The summed E-state index contributed by atoms with van der Waals surface area (Å²) < 4.78 is 42.7. The van der Waals surface area contributed by atoms with Gasteiger partial charge in [0.25, 0.3) is 0 Å². The lowest BCUT2D eigenvalue weighted by atomic mass is 9.95. The molecule has 3 fully saturated rings. The maximum absolute atomic E-state index is 15.9. The molecule has 3 aliphatic rings. The molecule has 7 rings (SSSR count). The van der Waals surface area contributed by atoms with Gasteiger partial charge in [-0.15, -0.1) is 5.54 Å². The molecule has 4 aromatic rings. The molecule has 0 bridgehead atoms. The monoisotopic (exact) mass is 714 g/mol. The second kappa shape index (κ2) is 13.2. The maximum atomic E-state index is 15.9. The first-order valence-electron chi connectivity index (χ1n) is 18.4. The highest BCUT2D eigenvalue weighted by molar-refractivity contribution is 6.90. The van der Waals surface area contributed by atoms with E-state index in [1.54, 1.807) is 18.2 Å². The second-order valence-electron chi connectivity index (χ2n) is 15.8. The highest BCUT2D eigenvalue weighted by Gasteiger charge is 2.49. The number of rotatable bonds is 8. The highest BCUT2D eigenvalue weighted by atomic mass is 28.3. The van der Waals surface area contributed by atoms with Gasteiger partial charge < -0.3 is 19.2 Å². The van der Waals surface area contributed by atoms with E-state index in [-0.39, 0.29) is 41.1 Å². The molecule has 270 valence electrons. The minimum absolute atomic E-state index is 0.0640. The molecule has 1 N–H and O–H groups in total. The average Bonchev–Trinajstić information content (AvgIpc) is 3.58. The summed E-state index contributed by atoms with van der Waals surface area (Å²) in [6.07, 6.45) is 2.28. The zero-order valence-corrected chi connectivity index (χ0v) is 31.6. The number of phenolic OH excluding ortho intramolecular Hbond substituents is 1. The molecule has 11 heteroatoms. The van der Waals surface area contributed by atoms with Crippen LogP contribution in [0.2, 0.25) is 16.6 Å².